The number of hydrogen-bond donors (Lipinski definition) is 0. The topological polar surface area (TPSA) is 78.9 Å². The Hall–Kier alpha value is -2.63. The first-order chi connectivity index (χ1) is 34.5. The smallest absolute Gasteiger partial charge is 0.306 e. The maximum atomic E-state index is 12.9. The van der Waals surface area contributed by atoms with Crippen LogP contribution in [0.25, 0.3) is 0 Å². The fourth-order valence-electron chi connectivity index (χ4n) is 8.92. The summed E-state index contributed by atoms with van der Waals surface area (Å²) in [7, 11) is 0. The maximum Gasteiger partial charge on any atom is 0.306 e. The summed E-state index contributed by atoms with van der Waals surface area (Å²) in [6.45, 7) is 6.63. The second-order valence-electron chi connectivity index (χ2n) is 20.6. The van der Waals surface area contributed by atoms with Crippen molar-refractivity contribution in [2.24, 2.45) is 0 Å². The van der Waals surface area contributed by atoms with Crippen molar-refractivity contribution in [3.63, 3.8) is 0 Å². The van der Waals surface area contributed by atoms with E-state index in [9.17, 15) is 14.4 Å². The molecular weight excluding hydrogens is 865 g/mol. The van der Waals surface area contributed by atoms with Crippen LogP contribution in [0.4, 0.5) is 0 Å². The first-order valence-corrected chi connectivity index (χ1v) is 30.6. The van der Waals surface area contributed by atoms with Crippen LogP contribution in [0.15, 0.2) is 48.6 Å². The second kappa shape index (κ2) is 58.9. The molecule has 1 atom stereocenters. The van der Waals surface area contributed by atoms with Crippen molar-refractivity contribution in [1.29, 1.82) is 0 Å². The van der Waals surface area contributed by atoms with Crippen LogP contribution in [0.1, 0.15) is 323 Å². The van der Waals surface area contributed by atoms with Crippen molar-refractivity contribution < 1.29 is 28.6 Å². The fourth-order valence-corrected chi connectivity index (χ4v) is 8.92. The number of ether oxygens (including phenoxy) is 3. The molecule has 6 nitrogen and oxygen atoms in total. The lowest BCUT2D eigenvalue weighted by Crippen LogP contribution is -2.30. The minimum Gasteiger partial charge on any atom is -0.462 e. The first kappa shape index (κ1) is 67.4. The van der Waals surface area contributed by atoms with E-state index in [2.05, 4.69) is 69.4 Å². The third-order valence-electron chi connectivity index (χ3n) is 13.6. The summed E-state index contributed by atoms with van der Waals surface area (Å²) in [6, 6.07) is 0. The van der Waals surface area contributed by atoms with Crippen molar-refractivity contribution in [2.45, 2.75) is 329 Å². The third-order valence-corrected chi connectivity index (χ3v) is 13.6. The molecule has 0 heterocycles. The highest BCUT2D eigenvalue weighted by molar-refractivity contribution is 5.71. The standard InChI is InChI=1S/C64H116O6/c1-4-7-10-13-16-19-22-24-26-28-30-31-32-33-35-36-38-40-42-45-48-51-54-57-63(66)69-60-61(59-68-62(65)56-53-50-47-44-21-18-15-12-9-6-3)70-64(67)58-55-52-49-46-43-41-39-37-34-29-27-25-23-20-17-14-11-8-5-2/h17,20,25,27-28,30,34,37,61H,4-16,18-19,21-24,26,29,31-33,35-36,38-60H2,1-3H3/b20-17-,27-25-,30-28-,37-34-. The van der Waals surface area contributed by atoms with Gasteiger partial charge in [-0.3, -0.25) is 14.4 Å². The van der Waals surface area contributed by atoms with E-state index in [1.54, 1.807) is 0 Å². The highest BCUT2D eigenvalue weighted by Crippen LogP contribution is 2.16. The van der Waals surface area contributed by atoms with Crippen molar-refractivity contribution >= 4 is 17.9 Å². The molecule has 0 fully saturated rings. The number of hydrogen-bond acceptors (Lipinski definition) is 6. The van der Waals surface area contributed by atoms with E-state index in [4.69, 9.17) is 14.2 Å². The molecule has 0 bridgehead atoms. The normalized spacial score (nSPS) is 12.3. The van der Waals surface area contributed by atoms with E-state index in [1.165, 1.54) is 205 Å². The van der Waals surface area contributed by atoms with Crippen LogP contribution >= 0.6 is 0 Å². The van der Waals surface area contributed by atoms with Gasteiger partial charge in [-0.15, -0.1) is 0 Å². The van der Waals surface area contributed by atoms with E-state index in [-0.39, 0.29) is 31.1 Å². The Morgan fingerprint density at radius 3 is 0.843 bits per heavy atom. The van der Waals surface area contributed by atoms with Gasteiger partial charge in [-0.25, -0.2) is 0 Å². The molecule has 0 saturated carbocycles. The van der Waals surface area contributed by atoms with Crippen molar-refractivity contribution in [3.8, 4) is 0 Å². The molecule has 1 unspecified atom stereocenters. The van der Waals surface area contributed by atoms with E-state index in [0.29, 0.717) is 19.3 Å². The van der Waals surface area contributed by atoms with E-state index < -0.39 is 6.10 Å². The van der Waals surface area contributed by atoms with Gasteiger partial charge in [-0.2, -0.15) is 0 Å². The largest absolute Gasteiger partial charge is 0.462 e. The van der Waals surface area contributed by atoms with Crippen molar-refractivity contribution in [3.05, 3.63) is 48.6 Å². The summed E-state index contributed by atoms with van der Waals surface area (Å²) >= 11 is 0. The molecule has 0 amide bonds. The molecule has 0 aliphatic heterocycles. The summed E-state index contributed by atoms with van der Waals surface area (Å²) in [5.74, 6) is -0.875. The molecule has 0 saturated heterocycles. The first-order valence-electron chi connectivity index (χ1n) is 30.6. The van der Waals surface area contributed by atoms with Crippen LogP contribution in [0.5, 0.6) is 0 Å². The number of esters is 3. The minimum absolute atomic E-state index is 0.0757. The summed E-state index contributed by atoms with van der Waals surface area (Å²) in [4.78, 5) is 38.1. The van der Waals surface area contributed by atoms with Crippen molar-refractivity contribution in [2.75, 3.05) is 13.2 Å². The van der Waals surface area contributed by atoms with Gasteiger partial charge in [-0.1, -0.05) is 268 Å². The van der Waals surface area contributed by atoms with Crippen LogP contribution in [0.2, 0.25) is 0 Å². The minimum atomic E-state index is -0.778. The van der Waals surface area contributed by atoms with Gasteiger partial charge in [0, 0.05) is 19.3 Å². The Morgan fingerprint density at radius 1 is 0.286 bits per heavy atom. The Balaban J connectivity index is 4.26. The average molecular weight is 982 g/mol. The van der Waals surface area contributed by atoms with Crippen LogP contribution in [-0.2, 0) is 28.6 Å². The zero-order chi connectivity index (χ0) is 50.7. The molecular formula is C64H116O6. The molecule has 0 rings (SSSR count). The highest BCUT2D eigenvalue weighted by atomic mass is 16.6. The van der Waals surface area contributed by atoms with Gasteiger partial charge in [0.25, 0.3) is 0 Å². The van der Waals surface area contributed by atoms with E-state index in [0.717, 1.165) is 77.0 Å². The second-order valence-corrected chi connectivity index (χ2v) is 20.6. The van der Waals surface area contributed by atoms with Gasteiger partial charge in [0.1, 0.15) is 13.2 Å². The molecule has 70 heavy (non-hydrogen) atoms. The lowest BCUT2D eigenvalue weighted by molar-refractivity contribution is -0.167. The average Bonchev–Trinajstić information content (AvgIpc) is 3.36. The van der Waals surface area contributed by atoms with E-state index >= 15 is 0 Å². The van der Waals surface area contributed by atoms with Crippen LogP contribution in [0, 0.1) is 0 Å². The predicted molar refractivity (Wildman–Crippen MR) is 302 cm³/mol. The van der Waals surface area contributed by atoms with Crippen LogP contribution in [-0.4, -0.2) is 37.2 Å². The van der Waals surface area contributed by atoms with Gasteiger partial charge in [0.05, 0.1) is 0 Å². The van der Waals surface area contributed by atoms with Gasteiger partial charge >= 0.3 is 17.9 Å². The molecule has 0 aromatic heterocycles. The van der Waals surface area contributed by atoms with Gasteiger partial charge in [-0.05, 0) is 83.5 Å². The Bertz CT molecular complexity index is 1220. The maximum absolute atomic E-state index is 12.9. The highest BCUT2D eigenvalue weighted by Gasteiger charge is 2.19. The monoisotopic (exact) mass is 981 g/mol. The van der Waals surface area contributed by atoms with Gasteiger partial charge in [0.2, 0.25) is 0 Å². The molecule has 0 spiro atoms. The summed E-state index contributed by atoms with van der Waals surface area (Å²) in [5, 5.41) is 0. The Kier molecular flexibility index (Phi) is 56.7. The lowest BCUT2D eigenvalue weighted by Gasteiger charge is -2.18. The molecule has 0 aliphatic rings. The number of rotatable bonds is 56. The molecule has 0 aliphatic carbocycles. The van der Waals surface area contributed by atoms with Crippen molar-refractivity contribution in [1.82, 2.24) is 0 Å². The molecule has 0 aromatic rings. The Morgan fingerprint density at radius 2 is 0.514 bits per heavy atom. The fraction of sp³-hybridized carbons (Fsp3) is 0.828. The SMILES string of the molecule is CCCCC/C=C\C/C=C\C/C=C\CCCCCCCCC(=O)OC(COC(=O)CCCCCCCCCCCC)COC(=O)CCCCCCCCCCCCC/C=C\CCCCCCCCCC. The van der Waals surface area contributed by atoms with E-state index in [1.807, 2.05) is 0 Å². The molecule has 0 N–H and O–H groups in total. The van der Waals surface area contributed by atoms with Gasteiger partial charge < -0.3 is 14.2 Å². The zero-order valence-corrected chi connectivity index (χ0v) is 46.8. The van der Waals surface area contributed by atoms with Gasteiger partial charge in [0.15, 0.2) is 6.10 Å². The summed E-state index contributed by atoms with van der Waals surface area (Å²) in [6.07, 6.45) is 72.6. The summed E-state index contributed by atoms with van der Waals surface area (Å²) in [5.41, 5.74) is 0. The third kappa shape index (κ3) is 56.3. The predicted octanol–water partition coefficient (Wildman–Crippen LogP) is 20.6. The molecule has 6 heteroatoms. The molecule has 0 radical (unpaired) electrons. The summed E-state index contributed by atoms with van der Waals surface area (Å²) < 4.78 is 16.9. The van der Waals surface area contributed by atoms with Crippen LogP contribution in [0.3, 0.4) is 0 Å². The van der Waals surface area contributed by atoms with Crippen LogP contribution < -0.4 is 0 Å². The number of carbonyl (C=O) groups excluding carboxylic acids is 3. The number of allylic oxidation sites excluding steroid dienone is 8. The molecule has 0 aromatic carbocycles. The Labute approximate surface area is 435 Å². The molecule has 408 valence electrons. The zero-order valence-electron chi connectivity index (χ0n) is 46.8. The lowest BCUT2D eigenvalue weighted by atomic mass is 10.0. The number of carbonyl (C=O) groups is 3. The number of unbranched alkanes of at least 4 members (excludes halogenated alkanes) is 37. The quantitative estimate of drug-likeness (QED) is 0.0261.